The number of halogens is 3. The molecule has 4 aromatic rings. The van der Waals surface area contributed by atoms with Crippen LogP contribution in [0.5, 0.6) is 17.2 Å². The zero-order chi connectivity index (χ0) is 39.6. The summed E-state index contributed by atoms with van der Waals surface area (Å²) in [6.45, 7) is 3.22. The molecule has 1 aliphatic rings. The van der Waals surface area contributed by atoms with Crippen LogP contribution in [0.25, 0.3) is 11.1 Å². The molecule has 2 heterocycles. The van der Waals surface area contributed by atoms with Crippen molar-refractivity contribution in [2.75, 3.05) is 39.5 Å². The number of ether oxygens (including phenoxy) is 3. The van der Waals surface area contributed by atoms with Crippen LogP contribution in [0.15, 0.2) is 67.0 Å². The predicted octanol–water partition coefficient (Wildman–Crippen LogP) is 6.25. The van der Waals surface area contributed by atoms with Crippen LogP contribution < -0.4 is 19.5 Å². The number of nitrogens with one attached hydrogen (secondary N) is 1. The third-order valence-electron chi connectivity index (χ3n) is 9.56. The highest BCUT2D eigenvalue weighted by atomic mass is 35.5. The van der Waals surface area contributed by atoms with Crippen LogP contribution >= 0.6 is 34.8 Å². The van der Waals surface area contributed by atoms with E-state index in [2.05, 4.69) is 15.2 Å². The number of nitriles is 1. The largest absolute Gasteiger partial charge is 0.492 e. The summed E-state index contributed by atoms with van der Waals surface area (Å²) in [5.74, 6) is -0.104. The standard InChI is InChI=1S/C40H43Cl3N4O8/c1-39(24-48,38(50)51)46-21-29-16-32(41)35(17-34(29)54-22-27-15-26(18-44)19-45-20-27)55-23-28-5-2-6-30(36(28)42)31-7-3-8-33(37(31)43)53-14-4-11-47-12-9-40(52,25-49)10-13-47/h2-3,5-8,15-17,19-20,46,48-49,52H,4,9-14,21-25H2,1H3,(H,50,51). The first-order valence-corrected chi connectivity index (χ1v) is 18.8. The number of aliphatic carboxylic acids is 1. The van der Waals surface area contributed by atoms with Crippen LogP contribution in [0.2, 0.25) is 15.1 Å². The number of piperidine rings is 1. The average Bonchev–Trinajstić information content (AvgIpc) is 3.19. The number of carboxylic acids is 1. The molecular weight excluding hydrogens is 771 g/mol. The lowest BCUT2D eigenvalue weighted by Crippen LogP contribution is -2.52. The number of pyridine rings is 1. The molecule has 0 bridgehead atoms. The average molecular weight is 814 g/mol. The van der Waals surface area contributed by atoms with E-state index in [0.29, 0.717) is 87.5 Å². The van der Waals surface area contributed by atoms with Crippen molar-refractivity contribution in [3.05, 3.63) is 104 Å². The fourth-order valence-electron chi connectivity index (χ4n) is 5.94. The minimum Gasteiger partial charge on any atom is -0.492 e. The first kappa shape index (κ1) is 42.0. The van der Waals surface area contributed by atoms with E-state index in [4.69, 9.17) is 49.0 Å². The van der Waals surface area contributed by atoms with Gasteiger partial charge in [-0.15, -0.1) is 0 Å². The van der Waals surface area contributed by atoms with Gasteiger partial charge in [0.15, 0.2) is 0 Å². The van der Waals surface area contributed by atoms with Crippen LogP contribution in [0.4, 0.5) is 0 Å². The second kappa shape index (κ2) is 19.1. The van der Waals surface area contributed by atoms with E-state index in [9.17, 15) is 30.5 Å². The van der Waals surface area contributed by atoms with Crippen LogP contribution in [0.3, 0.4) is 0 Å². The lowest BCUT2D eigenvalue weighted by molar-refractivity contribution is -0.145. The van der Waals surface area contributed by atoms with Crippen LogP contribution in [0.1, 0.15) is 48.4 Å². The van der Waals surface area contributed by atoms with E-state index >= 15 is 0 Å². The molecule has 1 fully saturated rings. The fraction of sp³-hybridized carbons (Fsp3) is 0.375. The molecule has 0 saturated carbocycles. The number of benzene rings is 3. The smallest absolute Gasteiger partial charge is 0.326 e. The zero-order valence-electron chi connectivity index (χ0n) is 30.2. The summed E-state index contributed by atoms with van der Waals surface area (Å²) in [5, 5.41) is 52.2. The fourth-order valence-corrected chi connectivity index (χ4v) is 6.75. The molecule has 292 valence electrons. The molecule has 1 atom stereocenters. The normalized spacial score (nSPS) is 15.2. The quantitative estimate of drug-likeness (QED) is 0.0715. The molecule has 0 radical (unpaired) electrons. The van der Waals surface area contributed by atoms with Gasteiger partial charge in [-0.25, -0.2) is 0 Å². The van der Waals surface area contributed by atoms with E-state index < -0.39 is 23.7 Å². The Balaban J connectivity index is 1.29. The van der Waals surface area contributed by atoms with Crippen molar-refractivity contribution in [2.24, 2.45) is 0 Å². The van der Waals surface area contributed by atoms with Gasteiger partial charge in [0.1, 0.15) is 42.1 Å². The van der Waals surface area contributed by atoms with Gasteiger partial charge >= 0.3 is 5.97 Å². The summed E-state index contributed by atoms with van der Waals surface area (Å²) in [4.78, 5) is 18.1. The molecule has 0 aliphatic carbocycles. The number of nitrogens with zero attached hydrogens (tertiary/aromatic N) is 3. The SMILES string of the molecule is CC(CO)(NCc1cc(Cl)c(OCc2cccc(-c3cccc(OCCCN4CCC(O)(CO)CC4)c3Cl)c2Cl)cc1OCc1cncc(C#N)c1)C(=O)O. The van der Waals surface area contributed by atoms with Crippen molar-refractivity contribution >= 4 is 40.8 Å². The van der Waals surface area contributed by atoms with E-state index in [1.165, 1.54) is 13.1 Å². The number of hydrogen-bond acceptors (Lipinski definition) is 11. The van der Waals surface area contributed by atoms with Crippen LogP contribution in [-0.4, -0.2) is 86.9 Å². The van der Waals surface area contributed by atoms with Gasteiger partial charge in [0, 0.05) is 72.5 Å². The summed E-state index contributed by atoms with van der Waals surface area (Å²) in [7, 11) is 0. The van der Waals surface area contributed by atoms with E-state index in [-0.39, 0.29) is 37.1 Å². The predicted molar refractivity (Wildman–Crippen MR) is 209 cm³/mol. The van der Waals surface area contributed by atoms with Gasteiger partial charge in [-0.1, -0.05) is 65.1 Å². The topological polar surface area (TPSA) is 178 Å². The second-order valence-corrected chi connectivity index (χ2v) is 14.8. The number of carboxylic acid groups (broad SMARTS) is 1. The van der Waals surface area contributed by atoms with Crippen LogP contribution in [-0.2, 0) is 24.6 Å². The summed E-state index contributed by atoms with van der Waals surface area (Å²) in [6.07, 6.45) is 4.84. The van der Waals surface area contributed by atoms with Gasteiger partial charge in [-0.05, 0) is 44.4 Å². The number of aliphatic hydroxyl groups excluding tert-OH is 2. The highest BCUT2D eigenvalue weighted by molar-refractivity contribution is 6.37. The van der Waals surface area contributed by atoms with Crippen molar-refractivity contribution in [3.8, 4) is 34.4 Å². The molecular formula is C40H43Cl3N4O8. The minimum absolute atomic E-state index is 0.0122. The van der Waals surface area contributed by atoms with Crippen molar-refractivity contribution < 1.29 is 39.4 Å². The van der Waals surface area contributed by atoms with Gasteiger partial charge < -0.3 is 39.5 Å². The number of hydrogen-bond donors (Lipinski definition) is 5. The number of likely N-dealkylation sites (tertiary alicyclic amines) is 1. The van der Waals surface area contributed by atoms with E-state index in [0.717, 1.165) is 13.0 Å². The highest BCUT2D eigenvalue weighted by Gasteiger charge is 2.33. The maximum absolute atomic E-state index is 11.8. The van der Waals surface area contributed by atoms with Gasteiger partial charge in [0.05, 0.1) is 46.1 Å². The number of rotatable bonds is 18. The molecule has 1 aliphatic heterocycles. The van der Waals surface area contributed by atoms with Gasteiger partial charge in [0.25, 0.3) is 0 Å². The Morgan fingerprint density at radius 2 is 1.65 bits per heavy atom. The van der Waals surface area contributed by atoms with E-state index in [1.807, 2.05) is 36.4 Å². The minimum atomic E-state index is -1.62. The first-order chi connectivity index (χ1) is 26.4. The summed E-state index contributed by atoms with van der Waals surface area (Å²) in [6, 6.07) is 17.9. The summed E-state index contributed by atoms with van der Waals surface area (Å²) in [5.41, 5.74) is 0.915. The zero-order valence-corrected chi connectivity index (χ0v) is 32.5. The van der Waals surface area contributed by atoms with Gasteiger partial charge in [0.2, 0.25) is 0 Å². The maximum Gasteiger partial charge on any atom is 0.326 e. The van der Waals surface area contributed by atoms with Crippen molar-refractivity contribution in [1.29, 1.82) is 5.26 Å². The third-order valence-corrected chi connectivity index (χ3v) is 10.7. The van der Waals surface area contributed by atoms with Gasteiger partial charge in [-0.3, -0.25) is 15.1 Å². The van der Waals surface area contributed by atoms with Gasteiger partial charge in [-0.2, -0.15) is 5.26 Å². The monoisotopic (exact) mass is 812 g/mol. The number of aromatic nitrogens is 1. The Bertz CT molecular complexity index is 2000. The Morgan fingerprint density at radius 1 is 0.945 bits per heavy atom. The Morgan fingerprint density at radius 3 is 2.35 bits per heavy atom. The number of carbonyl (C=O) groups is 1. The van der Waals surface area contributed by atoms with Crippen molar-refractivity contribution in [2.45, 2.75) is 57.1 Å². The molecule has 0 amide bonds. The molecule has 1 unspecified atom stereocenters. The lowest BCUT2D eigenvalue weighted by Gasteiger charge is -2.36. The third kappa shape index (κ3) is 10.8. The Kier molecular flexibility index (Phi) is 14.6. The Hall–Kier alpha value is -4.16. The molecule has 12 nitrogen and oxygen atoms in total. The molecule has 15 heteroatoms. The molecule has 1 saturated heterocycles. The molecule has 55 heavy (non-hydrogen) atoms. The van der Waals surface area contributed by atoms with Crippen molar-refractivity contribution in [1.82, 2.24) is 15.2 Å². The highest BCUT2D eigenvalue weighted by Crippen LogP contribution is 2.40. The number of aliphatic hydroxyl groups is 3. The first-order valence-electron chi connectivity index (χ1n) is 17.6. The maximum atomic E-state index is 11.8. The molecule has 1 aromatic heterocycles. The Labute approximate surface area is 334 Å². The molecule has 5 N–H and O–H groups in total. The lowest BCUT2D eigenvalue weighted by atomic mass is 9.92. The second-order valence-electron chi connectivity index (χ2n) is 13.6. The molecule has 5 rings (SSSR count). The summed E-state index contributed by atoms with van der Waals surface area (Å²) >= 11 is 20.5. The summed E-state index contributed by atoms with van der Waals surface area (Å²) < 4.78 is 18.4. The molecule has 3 aromatic carbocycles. The van der Waals surface area contributed by atoms with E-state index in [1.54, 1.807) is 30.5 Å². The molecule has 0 spiro atoms. The van der Waals surface area contributed by atoms with Crippen LogP contribution in [0, 0.1) is 11.3 Å². The van der Waals surface area contributed by atoms with Crippen molar-refractivity contribution in [3.63, 3.8) is 0 Å².